The van der Waals surface area contributed by atoms with Crippen LogP contribution in [0.15, 0.2) is 16.6 Å². The highest BCUT2D eigenvalue weighted by molar-refractivity contribution is 9.10. The molecule has 0 spiro atoms. The van der Waals surface area contributed by atoms with E-state index in [1.54, 1.807) is 7.11 Å². The number of rotatable bonds is 3. The molecule has 3 heteroatoms. The minimum absolute atomic E-state index is 0.175. The van der Waals surface area contributed by atoms with Gasteiger partial charge in [-0.2, -0.15) is 0 Å². The summed E-state index contributed by atoms with van der Waals surface area (Å²) in [7, 11) is 1.62. The number of aryl methyl sites for hydroxylation is 1. The van der Waals surface area contributed by atoms with Crippen molar-refractivity contribution in [3.05, 3.63) is 27.7 Å². The second-order valence-electron chi connectivity index (χ2n) is 4.03. The van der Waals surface area contributed by atoms with E-state index < -0.39 is 6.10 Å². The molecule has 1 aromatic rings. The molecule has 2 nitrogen and oxygen atoms in total. The van der Waals surface area contributed by atoms with Crippen molar-refractivity contribution in [2.24, 2.45) is 5.92 Å². The zero-order valence-electron chi connectivity index (χ0n) is 9.54. The normalized spacial score (nSPS) is 13.0. The fourth-order valence-electron chi connectivity index (χ4n) is 1.44. The van der Waals surface area contributed by atoms with Crippen molar-refractivity contribution in [3.63, 3.8) is 0 Å². The molecule has 15 heavy (non-hydrogen) atoms. The van der Waals surface area contributed by atoms with Crippen LogP contribution < -0.4 is 4.74 Å². The molecule has 1 unspecified atom stereocenters. The molecule has 1 N–H and O–H groups in total. The molecule has 0 bridgehead atoms. The fraction of sp³-hybridized carbons (Fsp3) is 0.500. The Balaban J connectivity index is 3.21. The Labute approximate surface area is 99.4 Å². The molecule has 1 rings (SSSR count). The van der Waals surface area contributed by atoms with E-state index in [4.69, 9.17) is 4.74 Å². The lowest BCUT2D eigenvalue weighted by Gasteiger charge is -2.19. The van der Waals surface area contributed by atoms with Crippen molar-refractivity contribution >= 4 is 15.9 Å². The van der Waals surface area contributed by atoms with Crippen LogP contribution in [-0.2, 0) is 0 Å². The van der Waals surface area contributed by atoms with Crippen LogP contribution in [0.2, 0.25) is 0 Å². The summed E-state index contributed by atoms with van der Waals surface area (Å²) < 4.78 is 6.27. The molecule has 0 fully saturated rings. The predicted molar refractivity (Wildman–Crippen MR) is 65.2 cm³/mol. The first-order chi connectivity index (χ1) is 6.97. The van der Waals surface area contributed by atoms with E-state index in [0.29, 0.717) is 0 Å². The average Bonchev–Trinajstić information content (AvgIpc) is 2.20. The Bertz CT molecular complexity index is 348. The van der Waals surface area contributed by atoms with Crippen LogP contribution in [-0.4, -0.2) is 12.2 Å². The summed E-state index contributed by atoms with van der Waals surface area (Å²) in [6, 6.07) is 3.86. The highest BCUT2D eigenvalue weighted by Gasteiger charge is 2.17. The molecule has 0 radical (unpaired) electrons. The maximum atomic E-state index is 10.0. The van der Waals surface area contributed by atoms with Gasteiger partial charge in [0.1, 0.15) is 5.75 Å². The van der Waals surface area contributed by atoms with Crippen LogP contribution in [0.3, 0.4) is 0 Å². The summed E-state index contributed by atoms with van der Waals surface area (Å²) in [5.41, 5.74) is 1.94. The van der Waals surface area contributed by atoms with Gasteiger partial charge in [0.2, 0.25) is 0 Å². The van der Waals surface area contributed by atoms with Crippen LogP contribution in [0.1, 0.15) is 31.1 Å². The van der Waals surface area contributed by atoms with Crippen LogP contribution >= 0.6 is 15.9 Å². The van der Waals surface area contributed by atoms with Gasteiger partial charge in [-0.05, 0) is 30.5 Å². The Morgan fingerprint density at radius 3 is 2.40 bits per heavy atom. The summed E-state index contributed by atoms with van der Waals surface area (Å²) in [6.07, 6.45) is -0.489. The van der Waals surface area contributed by atoms with Gasteiger partial charge in [-0.15, -0.1) is 0 Å². The number of hydrogen-bond donors (Lipinski definition) is 1. The third-order valence-electron chi connectivity index (χ3n) is 2.46. The third kappa shape index (κ3) is 2.73. The van der Waals surface area contributed by atoms with Gasteiger partial charge >= 0.3 is 0 Å². The number of methoxy groups -OCH3 is 1. The highest BCUT2D eigenvalue weighted by Crippen LogP contribution is 2.34. The quantitative estimate of drug-likeness (QED) is 0.913. The molecule has 0 heterocycles. The van der Waals surface area contributed by atoms with Crippen molar-refractivity contribution < 1.29 is 9.84 Å². The molecule has 1 atom stereocenters. The van der Waals surface area contributed by atoms with Crippen molar-refractivity contribution in [2.75, 3.05) is 7.11 Å². The van der Waals surface area contributed by atoms with Gasteiger partial charge in [0.05, 0.1) is 13.2 Å². The summed E-state index contributed by atoms with van der Waals surface area (Å²) in [4.78, 5) is 0. The first-order valence-corrected chi connectivity index (χ1v) is 5.78. The van der Waals surface area contributed by atoms with E-state index in [1.807, 2.05) is 32.9 Å². The molecular weight excluding hydrogens is 256 g/mol. The summed E-state index contributed by atoms with van der Waals surface area (Å²) in [5.74, 6) is 0.922. The molecule has 0 aliphatic heterocycles. The fourth-order valence-corrected chi connectivity index (χ4v) is 1.80. The molecule has 84 valence electrons. The second kappa shape index (κ2) is 4.99. The van der Waals surface area contributed by atoms with Gasteiger partial charge in [0, 0.05) is 10.0 Å². The van der Waals surface area contributed by atoms with Gasteiger partial charge in [0.25, 0.3) is 0 Å². The smallest absolute Gasteiger partial charge is 0.125 e. The van der Waals surface area contributed by atoms with Crippen LogP contribution in [0, 0.1) is 12.8 Å². The lowest BCUT2D eigenvalue weighted by Crippen LogP contribution is -2.07. The Morgan fingerprint density at radius 2 is 1.93 bits per heavy atom. The zero-order chi connectivity index (χ0) is 11.6. The summed E-state index contributed by atoms with van der Waals surface area (Å²) >= 11 is 3.46. The van der Waals surface area contributed by atoms with Gasteiger partial charge < -0.3 is 9.84 Å². The maximum absolute atomic E-state index is 10.0. The second-order valence-corrected chi connectivity index (χ2v) is 4.89. The van der Waals surface area contributed by atoms with Crippen molar-refractivity contribution in [3.8, 4) is 5.75 Å². The van der Waals surface area contributed by atoms with Crippen LogP contribution in [0.25, 0.3) is 0 Å². The Morgan fingerprint density at radius 1 is 1.33 bits per heavy atom. The van der Waals surface area contributed by atoms with Crippen molar-refractivity contribution in [2.45, 2.75) is 26.9 Å². The minimum Gasteiger partial charge on any atom is -0.496 e. The number of aliphatic hydroxyl groups excluding tert-OH is 1. The monoisotopic (exact) mass is 272 g/mol. The lowest BCUT2D eigenvalue weighted by atomic mass is 9.97. The zero-order valence-corrected chi connectivity index (χ0v) is 11.1. The SMILES string of the molecule is COc1cc(C)c(Br)cc1C(O)C(C)C. The maximum Gasteiger partial charge on any atom is 0.125 e. The van der Waals surface area contributed by atoms with E-state index in [9.17, 15) is 5.11 Å². The van der Waals surface area contributed by atoms with E-state index in [2.05, 4.69) is 15.9 Å². The minimum atomic E-state index is -0.489. The summed E-state index contributed by atoms with van der Waals surface area (Å²) in [6.45, 7) is 5.97. The van der Waals surface area contributed by atoms with Crippen LogP contribution in [0.5, 0.6) is 5.75 Å². The molecule has 0 saturated heterocycles. The van der Waals surface area contributed by atoms with Gasteiger partial charge in [-0.1, -0.05) is 29.8 Å². The number of hydrogen-bond acceptors (Lipinski definition) is 2. The first kappa shape index (κ1) is 12.5. The van der Waals surface area contributed by atoms with Crippen molar-refractivity contribution in [1.29, 1.82) is 0 Å². The molecule has 0 aromatic heterocycles. The molecular formula is C12H17BrO2. The van der Waals surface area contributed by atoms with Crippen LogP contribution in [0.4, 0.5) is 0 Å². The third-order valence-corrected chi connectivity index (χ3v) is 3.32. The molecule has 1 aromatic carbocycles. The number of ether oxygens (including phenoxy) is 1. The van der Waals surface area contributed by atoms with E-state index in [0.717, 1.165) is 21.3 Å². The molecule has 0 amide bonds. The van der Waals surface area contributed by atoms with Crippen molar-refractivity contribution in [1.82, 2.24) is 0 Å². The standard InChI is InChI=1S/C12H17BrO2/c1-7(2)12(14)9-6-10(13)8(3)5-11(9)15-4/h5-7,12,14H,1-4H3. The van der Waals surface area contributed by atoms with Gasteiger partial charge in [-0.25, -0.2) is 0 Å². The number of aliphatic hydroxyl groups is 1. The van der Waals surface area contributed by atoms with E-state index in [1.165, 1.54) is 0 Å². The Kier molecular flexibility index (Phi) is 4.17. The topological polar surface area (TPSA) is 29.5 Å². The van der Waals surface area contributed by atoms with E-state index in [-0.39, 0.29) is 5.92 Å². The number of benzene rings is 1. The molecule has 0 aliphatic carbocycles. The summed E-state index contributed by atoms with van der Waals surface area (Å²) in [5, 5.41) is 10.0. The van der Waals surface area contributed by atoms with Gasteiger partial charge in [0.15, 0.2) is 0 Å². The molecule has 0 aliphatic rings. The van der Waals surface area contributed by atoms with Gasteiger partial charge in [-0.3, -0.25) is 0 Å². The highest BCUT2D eigenvalue weighted by atomic mass is 79.9. The largest absolute Gasteiger partial charge is 0.496 e. The predicted octanol–water partition coefficient (Wildman–Crippen LogP) is 3.46. The average molecular weight is 273 g/mol. The number of halogens is 1. The van der Waals surface area contributed by atoms with E-state index >= 15 is 0 Å². The first-order valence-electron chi connectivity index (χ1n) is 4.99. The Hall–Kier alpha value is -0.540. The molecule has 0 saturated carbocycles. The lowest BCUT2D eigenvalue weighted by molar-refractivity contribution is 0.123.